The van der Waals surface area contributed by atoms with Gasteiger partial charge < -0.3 is 24.6 Å². The third-order valence-electron chi connectivity index (χ3n) is 5.59. The van der Waals surface area contributed by atoms with Gasteiger partial charge in [-0.1, -0.05) is 23.2 Å². The molecule has 2 amide bonds. The van der Waals surface area contributed by atoms with Crippen LogP contribution in [0.25, 0.3) is 10.9 Å². The fourth-order valence-electron chi connectivity index (χ4n) is 3.95. The Morgan fingerprint density at radius 2 is 1.81 bits per heavy atom. The number of aryl methyl sites for hydroxylation is 1. The van der Waals surface area contributed by atoms with E-state index in [1.807, 2.05) is 0 Å². The van der Waals surface area contributed by atoms with Crippen molar-refractivity contribution in [2.24, 2.45) is 7.05 Å². The van der Waals surface area contributed by atoms with Crippen molar-refractivity contribution in [3.63, 3.8) is 0 Å². The number of rotatable bonds is 4. The number of piperidine rings is 1. The summed E-state index contributed by atoms with van der Waals surface area (Å²) in [6.07, 6.45) is -0.119. The summed E-state index contributed by atoms with van der Waals surface area (Å²) < 4.78 is 7.10. The molecule has 1 aliphatic rings. The second-order valence-electron chi connectivity index (χ2n) is 9.16. The number of carbonyl (C=O) groups excluding carboxylic acids is 2. The Hall–Kier alpha value is -2.45. The van der Waals surface area contributed by atoms with Gasteiger partial charge in [0, 0.05) is 31.0 Å². The summed E-state index contributed by atoms with van der Waals surface area (Å²) in [7, 11) is 1.73. The van der Waals surface area contributed by atoms with E-state index in [2.05, 4.69) is 5.32 Å². The van der Waals surface area contributed by atoms with Crippen LogP contribution < -0.4 is 5.32 Å². The molecule has 1 fully saturated rings. The van der Waals surface area contributed by atoms with Crippen LogP contribution in [0.15, 0.2) is 18.2 Å². The fraction of sp³-hybridized carbons (Fsp3) is 0.500. The molecule has 1 aromatic heterocycles. The number of aliphatic carboxylic acids is 1. The predicted octanol–water partition coefficient (Wildman–Crippen LogP) is 4.46. The summed E-state index contributed by atoms with van der Waals surface area (Å²) in [6, 6.07) is 5.07. The van der Waals surface area contributed by atoms with Crippen molar-refractivity contribution in [2.75, 3.05) is 13.1 Å². The lowest BCUT2D eigenvalue weighted by Crippen LogP contribution is -2.57. The lowest BCUT2D eigenvalue weighted by Gasteiger charge is -2.41. The predicted molar refractivity (Wildman–Crippen MR) is 122 cm³/mol. The molecule has 3 rings (SSSR count). The average Bonchev–Trinajstić information content (AvgIpc) is 3.00. The highest BCUT2D eigenvalue weighted by Gasteiger charge is 2.40. The summed E-state index contributed by atoms with van der Waals surface area (Å²) in [4.78, 5) is 38.7. The molecular weight excluding hydrogens is 457 g/mol. The fourth-order valence-corrected chi connectivity index (χ4v) is 4.33. The van der Waals surface area contributed by atoms with Gasteiger partial charge in [0.05, 0.1) is 22.0 Å². The highest BCUT2D eigenvalue weighted by atomic mass is 35.5. The van der Waals surface area contributed by atoms with Crippen molar-refractivity contribution in [3.05, 3.63) is 33.9 Å². The SMILES string of the molecule is Cn1c(C(=O)NC2(CC(=O)O)CCN(C(=O)OC(C)(C)C)CC2)cc2c(Cl)c(Cl)ccc21. The van der Waals surface area contributed by atoms with Gasteiger partial charge in [-0.2, -0.15) is 0 Å². The van der Waals surface area contributed by atoms with E-state index in [1.54, 1.807) is 50.6 Å². The number of carboxylic acid groups (broad SMARTS) is 1. The van der Waals surface area contributed by atoms with E-state index in [9.17, 15) is 19.5 Å². The van der Waals surface area contributed by atoms with Crippen LogP contribution >= 0.6 is 23.2 Å². The van der Waals surface area contributed by atoms with Crippen molar-refractivity contribution in [2.45, 2.75) is 51.2 Å². The van der Waals surface area contributed by atoms with Crippen molar-refractivity contribution in [1.29, 1.82) is 0 Å². The first-order chi connectivity index (χ1) is 14.8. The van der Waals surface area contributed by atoms with E-state index >= 15 is 0 Å². The van der Waals surface area contributed by atoms with Crippen LogP contribution in [-0.2, 0) is 16.6 Å². The number of likely N-dealkylation sites (tertiary alicyclic amines) is 1. The zero-order chi connectivity index (χ0) is 23.8. The molecule has 10 heteroatoms. The molecule has 1 aliphatic heterocycles. The minimum atomic E-state index is -1.03. The van der Waals surface area contributed by atoms with Gasteiger partial charge in [0.15, 0.2) is 0 Å². The number of ether oxygens (including phenoxy) is 1. The Labute approximate surface area is 196 Å². The lowest BCUT2D eigenvalue weighted by molar-refractivity contribution is -0.139. The third-order valence-corrected chi connectivity index (χ3v) is 6.41. The smallest absolute Gasteiger partial charge is 0.410 e. The van der Waals surface area contributed by atoms with Crippen LogP contribution in [0.4, 0.5) is 4.79 Å². The van der Waals surface area contributed by atoms with Crippen molar-refractivity contribution < 1.29 is 24.2 Å². The summed E-state index contributed by atoms with van der Waals surface area (Å²) in [5.41, 5.74) is -0.543. The molecular formula is C22H27Cl2N3O5. The van der Waals surface area contributed by atoms with Gasteiger partial charge in [0.25, 0.3) is 5.91 Å². The highest BCUT2D eigenvalue weighted by molar-refractivity contribution is 6.45. The van der Waals surface area contributed by atoms with Crippen molar-refractivity contribution in [3.8, 4) is 0 Å². The molecule has 1 saturated heterocycles. The summed E-state index contributed by atoms with van der Waals surface area (Å²) in [5, 5.41) is 13.8. The van der Waals surface area contributed by atoms with E-state index in [0.29, 0.717) is 34.0 Å². The maximum Gasteiger partial charge on any atom is 0.410 e. The Balaban J connectivity index is 1.81. The van der Waals surface area contributed by atoms with Gasteiger partial charge in [0.2, 0.25) is 0 Å². The number of nitrogens with zero attached hydrogens (tertiary/aromatic N) is 2. The van der Waals surface area contributed by atoms with Gasteiger partial charge >= 0.3 is 12.1 Å². The first kappa shape index (κ1) is 24.2. The third kappa shape index (κ3) is 5.13. The number of hydrogen-bond acceptors (Lipinski definition) is 4. The minimum absolute atomic E-state index is 0.253. The molecule has 0 unspecified atom stereocenters. The molecule has 2 heterocycles. The highest BCUT2D eigenvalue weighted by Crippen LogP contribution is 2.33. The molecule has 0 atom stereocenters. The summed E-state index contributed by atoms with van der Waals surface area (Å²) in [5.74, 6) is -1.44. The molecule has 0 bridgehead atoms. The largest absolute Gasteiger partial charge is 0.481 e. The Morgan fingerprint density at radius 1 is 1.19 bits per heavy atom. The number of benzene rings is 1. The van der Waals surface area contributed by atoms with E-state index < -0.39 is 29.1 Å². The summed E-state index contributed by atoms with van der Waals surface area (Å²) in [6.45, 7) is 5.91. The molecule has 2 aromatic rings. The molecule has 32 heavy (non-hydrogen) atoms. The maximum atomic E-state index is 13.2. The quantitative estimate of drug-likeness (QED) is 0.668. The van der Waals surface area contributed by atoms with Crippen LogP contribution in [0, 0.1) is 0 Å². The number of carbonyl (C=O) groups is 3. The maximum absolute atomic E-state index is 13.2. The molecule has 0 spiro atoms. The summed E-state index contributed by atoms with van der Waals surface area (Å²) >= 11 is 12.4. The average molecular weight is 484 g/mol. The normalized spacial score (nSPS) is 16.1. The van der Waals surface area contributed by atoms with E-state index in [0.717, 1.165) is 5.52 Å². The molecule has 1 aromatic carbocycles. The van der Waals surface area contributed by atoms with Gasteiger partial charge in [-0.05, 0) is 51.8 Å². The van der Waals surface area contributed by atoms with Gasteiger partial charge in [-0.25, -0.2) is 4.79 Å². The van der Waals surface area contributed by atoms with Crippen LogP contribution in [0.1, 0.15) is 50.5 Å². The van der Waals surface area contributed by atoms with Crippen molar-refractivity contribution in [1.82, 2.24) is 14.8 Å². The number of fused-ring (bicyclic) bond motifs is 1. The molecule has 0 radical (unpaired) electrons. The zero-order valence-electron chi connectivity index (χ0n) is 18.5. The van der Waals surface area contributed by atoms with Gasteiger partial charge in [-0.15, -0.1) is 0 Å². The Bertz CT molecular complexity index is 1070. The standard InChI is InChI=1S/C22H27Cl2N3O5/c1-21(2,3)32-20(31)27-9-7-22(8-10-27,12-17(28)29)25-19(30)16-11-13-15(26(16)4)6-5-14(23)18(13)24/h5-6,11H,7-10,12H2,1-4H3,(H,25,30)(H,28,29). The molecule has 174 valence electrons. The first-order valence-electron chi connectivity index (χ1n) is 10.3. The molecule has 0 saturated carbocycles. The molecule has 2 N–H and O–H groups in total. The Morgan fingerprint density at radius 3 is 2.38 bits per heavy atom. The van der Waals surface area contributed by atoms with Crippen molar-refractivity contribution >= 4 is 52.1 Å². The number of halogens is 2. The Kier molecular flexibility index (Phi) is 6.67. The topological polar surface area (TPSA) is 101 Å². The minimum Gasteiger partial charge on any atom is -0.481 e. The van der Waals surface area contributed by atoms with Gasteiger partial charge in [-0.3, -0.25) is 9.59 Å². The van der Waals surface area contributed by atoms with Crippen LogP contribution in [0.5, 0.6) is 0 Å². The molecule has 8 nitrogen and oxygen atoms in total. The number of amides is 2. The second-order valence-corrected chi connectivity index (χ2v) is 9.94. The zero-order valence-corrected chi connectivity index (χ0v) is 20.0. The first-order valence-corrected chi connectivity index (χ1v) is 11.0. The number of aromatic nitrogens is 1. The monoisotopic (exact) mass is 483 g/mol. The van der Waals surface area contributed by atoms with E-state index in [4.69, 9.17) is 27.9 Å². The lowest BCUT2D eigenvalue weighted by atomic mass is 9.84. The van der Waals surface area contributed by atoms with E-state index in [1.165, 1.54) is 4.90 Å². The number of nitrogens with one attached hydrogen (secondary N) is 1. The van der Waals surface area contributed by atoms with Crippen LogP contribution in [-0.4, -0.2) is 56.8 Å². The van der Waals surface area contributed by atoms with Gasteiger partial charge in [0.1, 0.15) is 11.3 Å². The molecule has 0 aliphatic carbocycles. The van der Waals surface area contributed by atoms with Crippen LogP contribution in [0.2, 0.25) is 10.0 Å². The number of hydrogen-bond donors (Lipinski definition) is 2. The van der Waals surface area contributed by atoms with E-state index in [-0.39, 0.29) is 19.5 Å². The number of carboxylic acids is 1. The second kappa shape index (κ2) is 8.83. The van der Waals surface area contributed by atoms with Crippen LogP contribution in [0.3, 0.4) is 0 Å².